The Morgan fingerprint density at radius 1 is 0.691 bits per heavy atom. The minimum atomic E-state index is -0.178. The van der Waals surface area contributed by atoms with E-state index in [1.54, 1.807) is 36.2 Å². The number of aryl methyl sites for hydroxylation is 1. The zero-order valence-electron chi connectivity index (χ0n) is 31.4. The molecular formula is C44H43N5O6. The zero-order valence-corrected chi connectivity index (χ0v) is 31.4. The predicted octanol–water partition coefficient (Wildman–Crippen LogP) is 8.23. The molecule has 0 spiro atoms. The van der Waals surface area contributed by atoms with Crippen LogP contribution in [0.3, 0.4) is 0 Å². The van der Waals surface area contributed by atoms with Crippen molar-refractivity contribution in [3.63, 3.8) is 0 Å². The van der Waals surface area contributed by atoms with E-state index in [1.165, 1.54) is 0 Å². The third-order valence-electron chi connectivity index (χ3n) is 10.3. The summed E-state index contributed by atoms with van der Waals surface area (Å²) in [6, 6.07) is 23.0. The number of anilines is 1. The minimum absolute atomic E-state index is 0.0858. The molecule has 0 saturated heterocycles. The number of hydrogen-bond acceptors (Lipinski definition) is 9. The fraction of sp³-hybridized carbons (Fsp3) is 0.273. The Bertz CT molecular complexity index is 2260. The zero-order chi connectivity index (χ0) is 38.1. The summed E-state index contributed by atoms with van der Waals surface area (Å²) >= 11 is 0. The van der Waals surface area contributed by atoms with E-state index >= 15 is 0 Å². The van der Waals surface area contributed by atoms with Gasteiger partial charge in [-0.25, -0.2) is 0 Å². The molecule has 4 aromatic carbocycles. The van der Waals surface area contributed by atoms with Crippen molar-refractivity contribution in [1.82, 2.24) is 9.80 Å². The van der Waals surface area contributed by atoms with E-state index in [9.17, 15) is 9.59 Å². The summed E-state index contributed by atoms with van der Waals surface area (Å²) in [5, 5.41) is 3.32. The molecule has 4 heterocycles. The Labute approximate surface area is 320 Å². The number of nitrogens with one attached hydrogen (secondary N) is 1. The number of carbonyl (C=O) groups is 2. The van der Waals surface area contributed by atoms with Crippen LogP contribution in [0.15, 0.2) is 95.2 Å². The molecule has 0 bridgehead atoms. The van der Waals surface area contributed by atoms with Crippen LogP contribution in [-0.2, 0) is 0 Å². The van der Waals surface area contributed by atoms with Crippen LogP contribution in [0.4, 0.5) is 17.1 Å². The predicted molar refractivity (Wildman–Crippen MR) is 215 cm³/mol. The molecular weight excluding hydrogens is 695 g/mol. The van der Waals surface area contributed by atoms with Gasteiger partial charge in [0, 0.05) is 68.5 Å². The van der Waals surface area contributed by atoms with Gasteiger partial charge in [0.1, 0.15) is 11.5 Å². The van der Waals surface area contributed by atoms with Crippen LogP contribution in [0, 0.1) is 6.92 Å². The van der Waals surface area contributed by atoms with Crippen molar-refractivity contribution in [2.45, 2.75) is 45.2 Å². The van der Waals surface area contributed by atoms with Crippen molar-refractivity contribution in [1.29, 1.82) is 0 Å². The highest BCUT2D eigenvalue weighted by atomic mass is 16.5. The summed E-state index contributed by atoms with van der Waals surface area (Å²) in [6.45, 7) is 5.59. The van der Waals surface area contributed by atoms with Crippen molar-refractivity contribution in [2.24, 2.45) is 9.98 Å². The second kappa shape index (κ2) is 15.2. The molecule has 0 radical (unpaired) electrons. The molecule has 11 heteroatoms. The van der Waals surface area contributed by atoms with Crippen LogP contribution < -0.4 is 24.3 Å². The Morgan fingerprint density at radius 2 is 1.24 bits per heavy atom. The second-order valence-corrected chi connectivity index (χ2v) is 13.9. The average Bonchev–Trinajstić information content (AvgIpc) is 3.79. The lowest BCUT2D eigenvalue weighted by molar-refractivity contribution is 0.0809. The lowest BCUT2D eigenvalue weighted by atomic mass is 10.0. The molecule has 2 unspecified atom stereocenters. The molecule has 0 saturated carbocycles. The van der Waals surface area contributed by atoms with Gasteiger partial charge in [-0.05, 0) is 78.1 Å². The molecule has 8 rings (SSSR count). The van der Waals surface area contributed by atoms with Crippen molar-refractivity contribution in [3.05, 3.63) is 113 Å². The van der Waals surface area contributed by atoms with Crippen molar-refractivity contribution >= 4 is 52.5 Å². The number of aliphatic imine (C=N–C) groups is 2. The summed E-state index contributed by atoms with van der Waals surface area (Å²) in [6.07, 6.45) is 9.49. The first-order valence-corrected chi connectivity index (χ1v) is 18.6. The maximum Gasteiger partial charge on any atom is 0.260 e. The minimum Gasteiger partial charge on any atom is -0.497 e. The van der Waals surface area contributed by atoms with Gasteiger partial charge in [0.05, 0.1) is 62.0 Å². The van der Waals surface area contributed by atoms with Gasteiger partial charge in [-0.15, -0.1) is 0 Å². The summed E-state index contributed by atoms with van der Waals surface area (Å²) < 4.78 is 23.3. The molecule has 280 valence electrons. The number of amides is 2. The van der Waals surface area contributed by atoms with E-state index in [4.69, 9.17) is 28.9 Å². The lowest BCUT2D eigenvalue weighted by Gasteiger charge is -2.19. The fourth-order valence-corrected chi connectivity index (χ4v) is 7.39. The third-order valence-corrected chi connectivity index (χ3v) is 10.3. The average molecular weight is 738 g/mol. The number of benzene rings is 4. The first-order valence-electron chi connectivity index (χ1n) is 18.6. The van der Waals surface area contributed by atoms with Gasteiger partial charge < -0.3 is 34.1 Å². The molecule has 2 amide bonds. The normalized spacial score (nSPS) is 18.0. The number of ether oxygens (including phenoxy) is 4. The molecule has 0 aromatic heterocycles. The Kier molecular flexibility index (Phi) is 9.84. The van der Waals surface area contributed by atoms with Crippen LogP contribution in [0.5, 0.6) is 23.0 Å². The Morgan fingerprint density at radius 3 is 1.80 bits per heavy atom. The SMILES string of the molecule is CCNc1ccc(C2=CN3C(=O)c4cc(OC)c(OCCCOc5cc6c(cc5C)C(=O)N5C=C(c7ccc(OC)cc7)CC5C=N6)cc4N=CC3C2)cc1. The third kappa shape index (κ3) is 7.05. The highest BCUT2D eigenvalue weighted by molar-refractivity contribution is 6.06. The number of fused-ring (bicyclic) bond motifs is 4. The molecule has 4 aliphatic rings. The number of methoxy groups -OCH3 is 2. The monoisotopic (exact) mass is 737 g/mol. The van der Waals surface area contributed by atoms with E-state index in [-0.39, 0.29) is 23.9 Å². The van der Waals surface area contributed by atoms with Gasteiger partial charge in [-0.1, -0.05) is 24.3 Å². The number of carbonyl (C=O) groups excluding carboxylic acids is 2. The van der Waals surface area contributed by atoms with Gasteiger partial charge in [-0.2, -0.15) is 0 Å². The van der Waals surface area contributed by atoms with Gasteiger partial charge in [0.2, 0.25) is 0 Å². The molecule has 0 aliphatic carbocycles. The van der Waals surface area contributed by atoms with Gasteiger partial charge >= 0.3 is 0 Å². The highest BCUT2D eigenvalue weighted by Gasteiger charge is 2.35. The number of nitrogens with zero attached hydrogens (tertiary/aromatic N) is 4. The molecule has 4 aromatic rings. The quantitative estimate of drug-likeness (QED) is 0.146. The topological polar surface area (TPSA) is 114 Å². The molecule has 2 atom stereocenters. The van der Waals surface area contributed by atoms with E-state index < -0.39 is 0 Å². The standard InChI is InChI=1S/C44H43N5O6/c1-5-45-32-11-7-28(8-12-32)30-18-34-24-47-39-22-42(41(53-4)20-37(39)44(51)49(34)25-30)55-16-6-15-54-40-21-38-36(17-27(40)2)43(50)48-26-31(19-33(48)23-46-38)29-9-13-35(52-3)14-10-29/h7-14,17,20-26,33-34,45H,5-6,15-16,18-19H2,1-4H3. The molecule has 11 nitrogen and oxygen atoms in total. The van der Waals surface area contributed by atoms with Crippen molar-refractivity contribution < 1.29 is 28.5 Å². The molecule has 55 heavy (non-hydrogen) atoms. The summed E-state index contributed by atoms with van der Waals surface area (Å²) in [7, 11) is 3.20. The smallest absolute Gasteiger partial charge is 0.260 e. The van der Waals surface area contributed by atoms with Gasteiger partial charge in [0.15, 0.2) is 11.5 Å². The van der Waals surface area contributed by atoms with Crippen LogP contribution in [0.1, 0.15) is 63.6 Å². The van der Waals surface area contributed by atoms with Crippen LogP contribution in [0.2, 0.25) is 0 Å². The Hall–Kier alpha value is -6.36. The second-order valence-electron chi connectivity index (χ2n) is 13.9. The van der Waals surface area contributed by atoms with Gasteiger partial charge in [-0.3, -0.25) is 19.6 Å². The lowest BCUT2D eigenvalue weighted by Crippen LogP contribution is -2.32. The summed E-state index contributed by atoms with van der Waals surface area (Å²) in [5.41, 5.74) is 8.35. The fourth-order valence-electron chi connectivity index (χ4n) is 7.39. The van der Waals surface area contributed by atoms with E-state index in [0.29, 0.717) is 72.2 Å². The largest absolute Gasteiger partial charge is 0.497 e. The van der Waals surface area contributed by atoms with Crippen LogP contribution in [0.25, 0.3) is 11.1 Å². The first kappa shape index (κ1) is 35.7. The van der Waals surface area contributed by atoms with E-state index in [0.717, 1.165) is 45.8 Å². The molecule has 1 N–H and O–H groups in total. The number of hydrogen-bond donors (Lipinski definition) is 1. The molecule has 0 fully saturated rings. The highest BCUT2D eigenvalue weighted by Crippen LogP contribution is 2.41. The van der Waals surface area contributed by atoms with Crippen molar-refractivity contribution in [3.8, 4) is 23.0 Å². The van der Waals surface area contributed by atoms with Crippen LogP contribution in [-0.4, -0.2) is 80.1 Å². The maximum absolute atomic E-state index is 13.8. The molecule has 4 aliphatic heterocycles. The summed E-state index contributed by atoms with van der Waals surface area (Å²) in [4.78, 5) is 40.5. The van der Waals surface area contributed by atoms with E-state index in [1.807, 2.05) is 68.2 Å². The first-order chi connectivity index (χ1) is 26.8. The number of rotatable bonds is 12. The van der Waals surface area contributed by atoms with Crippen LogP contribution >= 0.6 is 0 Å². The van der Waals surface area contributed by atoms with E-state index in [2.05, 4.69) is 36.5 Å². The van der Waals surface area contributed by atoms with Crippen molar-refractivity contribution in [2.75, 3.05) is 39.3 Å². The van der Waals surface area contributed by atoms with Gasteiger partial charge in [0.25, 0.3) is 11.8 Å². The maximum atomic E-state index is 13.8. The Balaban J connectivity index is 0.889. The summed E-state index contributed by atoms with van der Waals surface area (Å²) in [5.74, 6) is 2.20.